The molecule has 2 aliphatic rings. The van der Waals surface area contributed by atoms with E-state index in [0.717, 1.165) is 38.5 Å². The maximum absolute atomic E-state index is 11.7. The molecule has 0 aromatic carbocycles. The second-order valence-electron chi connectivity index (χ2n) is 6.73. The molecule has 0 aliphatic carbocycles. The lowest BCUT2D eigenvalue weighted by Crippen LogP contribution is -2.58. The van der Waals surface area contributed by atoms with Crippen molar-refractivity contribution in [2.24, 2.45) is 11.7 Å². The van der Waals surface area contributed by atoms with Gasteiger partial charge < -0.3 is 15.4 Å². The third-order valence-corrected chi connectivity index (χ3v) is 4.85. The Hall–Kier alpha value is -2.65. The fourth-order valence-corrected chi connectivity index (χ4v) is 3.37. The molecule has 0 spiro atoms. The van der Waals surface area contributed by atoms with Crippen LogP contribution < -0.4 is 10.6 Å². The predicted molar refractivity (Wildman–Crippen MR) is 94.5 cm³/mol. The number of nitrogens with zero attached hydrogens (tertiary/aromatic N) is 6. The van der Waals surface area contributed by atoms with Gasteiger partial charge in [0.05, 0.1) is 18.5 Å². The lowest BCUT2D eigenvalue weighted by molar-refractivity contribution is -0.0372. The van der Waals surface area contributed by atoms with Crippen LogP contribution in [0.15, 0.2) is 24.8 Å². The molecule has 0 unspecified atom stereocenters. The van der Waals surface area contributed by atoms with Crippen LogP contribution in [0.4, 0.5) is 5.82 Å². The summed E-state index contributed by atoms with van der Waals surface area (Å²) in [7, 11) is 1.76. The first kappa shape index (κ1) is 16.8. The zero-order chi connectivity index (χ0) is 18.1. The minimum atomic E-state index is -0.628. The first-order valence-electron chi connectivity index (χ1n) is 8.57. The van der Waals surface area contributed by atoms with Crippen molar-refractivity contribution in [1.29, 1.82) is 0 Å². The first-order chi connectivity index (χ1) is 12.6. The average Bonchev–Trinajstić information content (AvgIpc) is 2.59. The van der Waals surface area contributed by atoms with Gasteiger partial charge in [-0.25, -0.2) is 9.97 Å². The fourth-order valence-electron chi connectivity index (χ4n) is 3.37. The molecule has 2 fully saturated rings. The van der Waals surface area contributed by atoms with E-state index in [0.29, 0.717) is 23.4 Å². The molecule has 0 saturated carbocycles. The van der Waals surface area contributed by atoms with Gasteiger partial charge in [-0.05, 0) is 0 Å². The second kappa shape index (κ2) is 6.93. The number of hydrogen-bond acceptors (Lipinski definition) is 8. The van der Waals surface area contributed by atoms with Gasteiger partial charge in [0.2, 0.25) is 0 Å². The van der Waals surface area contributed by atoms with Gasteiger partial charge in [0.25, 0.3) is 5.91 Å². The molecule has 2 N–H and O–H groups in total. The monoisotopic (exact) mass is 355 g/mol. The van der Waals surface area contributed by atoms with E-state index in [1.54, 1.807) is 31.9 Å². The van der Waals surface area contributed by atoms with Crippen LogP contribution in [0.2, 0.25) is 0 Å². The summed E-state index contributed by atoms with van der Waals surface area (Å²) in [5.74, 6) is 0.701. The van der Waals surface area contributed by atoms with Crippen molar-refractivity contribution in [3.05, 3.63) is 30.5 Å². The minimum absolute atomic E-state index is 0.109. The van der Waals surface area contributed by atoms with Crippen LogP contribution in [0.1, 0.15) is 10.5 Å². The lowest BCUT2D eigenvalue weighted by Gasteiger charge is -2.46. The number of amides is 1. The predicted octanol–water partition coefficient (Wildman–Crippen LogP) is -0.201. The van der Waals surface area contributed by atoms with Crippen molar-refractivity contribution in [2.45, 2.75) is 6.10 Å². The van der Waals surface area contributed by atoms with E-state index in [1.807, 2.05) is 0 Å². The number of nitrogens with two attached hydrogens (primary N) is 1. The SMILES string of the molecule is COC1CN(CC2CN(c3cnc(C(N)=O)c(-c4cnccn4)n3)C2)C1. The Morgan fingerprint density at radius 2 is 2.04 bits per heavy atom. The number of ether oxygens (including phenoxy) is 1. The number of hydrogen-bond donors (Lipinski definition) is 1. The van der Waals surface area contributed by atoms with E-state index >= 15 is 0 Å². The second-order valence-corrected chi connectivity index (χ2v) is 6.73. The van der Waals surface area contributed by atoms with Crippen LogP contribution >= 0.6 is 0 Å². The topological polar surface area (TPSA) is 110 Å². The Morgan fingerprint density at radius 1 is 1.23 bits per heavy atom. The normalized spacial score (nSPS) is 18.4. The summed E-state index contributed by atoms with van der Waals surface area (Å²) in [5, 5.41) is 0. The van der Waals surface area contributed by atoms with Crippen LogP contribution in [0.3, 0.4) is 0 Å². The molecule has 2 saturated heterocycles. The van der Waals surface area contributed by atoms with E-state index in [-0.39, 0.29) is 5.69 Å². The molecule has 9 nitrogen and oxygen atoms in total. The molecule has 2 aliphatic heterocycles. The van der Waals surface area contributed by atoms with Gasteiger partial charge in [-0.2, -0.15) is 0 Å². The summed E-state index contributed by atoms with van der Waals surface area (Å²) in [6, 6.07) is 0. The van der Waals surface area contributed by atoms with E-state index in [1.165, 1.54) is 0 Å². The van der Waals surface area contributed by atoms with Crippen molar-refractivity contribution in [2.75, 3.05) is 44.7 Å². The number of rotatable bonds is 6. The van der Waals surface area contributed by atoms with Crippen LogP contribution in [0.5, 0.6) is 0 Å². The van der Waals surface area contributed by atoms with Crippen molar-refractivity contribution >= 4 is 11.7 Å². The van der Waals surface area contributed by atoms with Gasteiger partial charge in [-0.3, -0.25) is 19.7 Å². The molecule has 136 valence electrons. The Bertz CT molecular complexity index is 789. The fraction of sp³-hybridized carbons (Fsp3) is 0.471. The smallest absolute Gasteiger partial charge is 0.269 e. The minimum Gasteiger partial charge on any atom is -0.379 e. The Balaban J connectivity index is 1.44. The summed E-state index contributed by atoms with van der Waals surface area (Å²) >= 11 is 0. The van der Waals surface area contributed by atoms with Gasteiger partial charge in [0, 0.05) is 58.1 Å². The molecule has 9 heteroatoms. The van der Waals surface area contributed by atoms with Crippen LogP contribution in [-0.2, 0) is 4.74 Å². The summed E-state index contributed by atoms with van der Waals surface area (Å²) < 4.78 is 5.31. The third-order valence-electron chi connectivity index (χ3n) is 4.85. The summed E-state index contributed by atoms with van der Waals surface area (Å²) in [6.07, 6.45) is 6.65. The number of likely N-dealkylation sites (tertiary alicyclic amines) is 1. The molecule has 26 heavy (non-hydrogen) atoms. The average molecular weight is 355 g/mol. The van der Waals surface area contributed by atoms with Gasteiger partial charge in [0.1, 0.15) is 17.2 Å². The number of primary amides is 1. The highest BCUT2D eigenvalue weighted by Gasteiger charge is 2.34. The molecule has 2 aromatic heterocycles. The summed E-state index contributed by atoms with van der Waals surface area (Å²) in [4.78, 5) is 33.3. The molecule has 0 bridgehead atoms. The highest BCUT2D eigenvalue weighted by atomic mass is 16.5. The van der Waals surface area contributed by atoms with E-state index in [4.69, 9.17) is 10.5 Å². The van der Waals surface area contributed by atoms with Crippen LogP contribution in [0.25, 0.3) is 11.4 Å². The first-order valence-corrected chi connectivity index (χ1v) is 8.57. The Labute approximate surface area is 151 Å². The quantitative estimate of drug-likeness (QED) is 0.758. The van der Waals surface area contributed by atoms with Crippen molar-refractivity contribution < 1.29 is 9.53 Å². The van der Waals surface area contributed by atoms with Gasteiger partial charge in [0.15, 0.2) is 5.69 Å². The number of carbonyl (C=O) groups excluding carboxylic acids is 1. The maximum atomic E-state index is 11.7. The Kier molecular flexibility index (Phi) is 4.48. The summed E-state index contributed by atoms with van der Waals surface area (Å²) in [6.45, 7) is 4.92. The maximum Gasteiger partial charge on any atom is 0.269 e. The van der Waals surface area contributed by atoms with Crippen LogP contribution in [0, 0.1) is 5.92 Å². The van der Waals surface area contributed by atoms with E-state index in [2.05, 4.69) is 29.7 Å². The largest absolute Gasteiger partial charge is 0.379 e. The Morgan fingerprint density at radius 3 is 2.69 bits per heavy atom. The van der Waals surface area contributed by atoms with Crippen LogP contribution in [-0.4, -0.2) is 76.7 Å². The molecule has 1 amide bonds. The highest BCUT2D eigenvalue weighted by molar-refractivity contribution is 5.96. The van der Waals surface area contributed by atoms with Gasteiger partial charge in [-0.1, -0.05) is 0 Å². The molecule has 0 atom stereocenters. The van der Waals surface area contributed by atoms with Gasteiger partial charge >= 0.3 is 0 Å². The van der Waals surface area contributed by atoms with Crippen molar-refractivity contribution in [3.63, 3.8) is 0 Å². The zero-order valence-electron chi connectivity index (χ0n) is 14.6. The lowest BCUT2D eigenvalue weighted by atomic mass is 9.97. The molecule has 4 rings (SSSR count). The van der Waals surface area contributed by atoms with Crippen molar-refractivity contribution in [1.82, 2.24) is 24.8 Å². The molecule has 0 radical (unpaired) electrons. The number of anilines is 1. The summed E-state index contributed by atoms with van der Waals surface area (Å²) in [5.41, 5.74) is 6.39. The molecular weight excluding hydrogens is 334 g/mol. The number of methoxy groups -OCH3 is 1. The van der Waals surface area contributed by atoms with E-state index < -0.39 is 5.91 Å². The third kappa shape index (κ3) is 3.23. The molecular formula is C17H21N7O2. The standard InChI is InChI=1S/C17H21N7O2/c1-26-12-9-23(10-12)6-11-7-24(8-11)14-5-21-16(17(18)25)15(22-14)13-4-19-2-3-20-13/h2-5,11-12H,6-10H2,1H3,(H2,18,25). The van der Waals surface area contributed by atoms with Crippen molar-refractivity contribution in [3.8, 4) is 11.4 Å². The zero-order valence-corrected chi connectivity index (χ0v) is 14.6. The van der Waals surface area contributed by atoms with Gasteiger partial charge in [-0.15, -0.1) is 0 Å². The number of carbonyl (C=O) groups is 1. The molecule has 2 aromatic rings. The van der Waals surface area contributed by atoms with E-state index in [9.17, 15) is 4.79 Å². The number of aromatic nitrogens is 4. The highest BCUT2D eigenvalue weighted by Crippen LogP contribution is 2.27. The molecule has 4 heterocycles.